The van der Waals surface area contributed by atoms with E-state index in [1.165, 1.54) is 12.3 Å². The molecule has 1 aromatic carbocycles. The first-order valence-electron chi connectivity index (χ1n) is 5.30. The molecule has 2 heterocycles. The average molecular weight is 240 g/mol. The Hall–Kier alpha value is -2.69. The van der Waals surface area contributed by atoms with Crippen LogP contribution in [0.4, 0.5) is 0 Å². The number of fused-ring (bicyclic) bond motifs is 1. The van der Waals surface area contributed by atoms with Gasteiger partial charge in [-0.05, 0) is 24.3 Å². The van der Waals surface area contributed by atoms with E-state index in [9.17, 15) is 4.79 Å². The predicted molar refractivity (Wildman–Crippen MR) is 64.2 cm³/mol. The van der Waals surface area contributed by atoms with Crippen LogP contribution in [0.1, 0.15) is 10.4 Å². The number of pyridine rings is 1. The highest BCUT2D eigenvalue weighted by molar-refractivity contribution is 5.94. The van der Waals surface area contributed by atoms with Crippen molar-refractivity contribution in [2.24, 2.45) is 0 Å². The van der Waals surface area contributed by atoms with Gasteiger partial charge in [0.1, 0.15) is 11.2 Å². The van der Waals surface area contributed by atoms with Crippen LogP contribution < -0.4 is 0 Å². The van der Waals surface area contributed by atoms with Crippen molar-refractivity contribution < 1.29 is 14.3 Å². The lowest BCUT2D eigenvalue weighted by molar-refractivity contribution is 0.0697. The van der Waals surface area contributed by atoms with Crippen molar-refractivity contribution >= 4 is 17.1 Å². The number of hydrogen-bond donors (Lipinski definition) is 1. The van der Waals surface area contributed by atoms with Crippen molar-refractivity contribution in [3.63, 3.8) is 0 Å². The first-order valence-corrected chi connectivity index (χ1v) is 5.30. The molecule has 5 heteroatoms. The van der Waals surface area contributed by atoms with Crippen molar-refractivity contribution in [3.8, 4) is 11.6 Å². The number of rotatable bonds is 2. The Morgan fingerprint density at radius 3 is 2.78 bits per heavy atom. The van der Waals surface area contributed by atoms with Gasteiger partial charge in [-0.25, -0.2) is 9.78 Å². The minimum Gasteiger partial charge on any atom is -0.478 e. The van der Waals surface area contributed by atoms with Crippen LogP contribution in [0.5, 0.6) is 0 Å². The summed E-state index contributed by atoms with van der Waals surface area (Å²) in [6, 6.07) is 10.3. The third kappa shape index (κ3) is 1.62. The van der Waals surface area contributed by atoms with Gasteiger partial charge in [0.05, 0.1) is 5.56 Å². The first-order chi connectivity index (χ1) is 8.75. The largest absolute Gasteiger partial charge is 0.478 e. The minimum atomic E-state index is -1.06. The lowest BCUT2D eigenvalue weighted by Crippen LogP contribution is -2.01. The molecule has 18 heavy (non-hydrogen) atoms. The number of aromatic carboxylic acids is 1. The lowest BCUT2D eigenvalue weighted by atomic mass is 10.2. The molecule has 88 valence electrons. The fourth-order valence-electron chi connectivity index (χ4n) is 1.72. The Kier molecular flexibility index (Phi) is 2.30. The zero-order valence-corrected chi connectivity index (χ0v) is 9.20. The molecule has 0 saturated heterocycles. The van der Waals surface area contributed by atoms with E-state index < -0.39 is 5.97 Å². The Bertz CT molecular complexity index is 701. The Balaban J connectivity index is 2.23. The molecular weight excluding hydrogens is 232 g/mol. The van der Waals surface area contributed by atoms with E-state index in [4.69, 9.17) is 9.52 Å². The number of benzene rings is 1. The number of hydrogen-bond acceptors (Lipinski definition) is 4. The van der Waals surface area contributed by atoms with Gasteiger partial charge in [-0.2, -0.15) is 0 Å². The third-order valence-electron chi connectivity index (χ3n) is 2.53. The third-order valence-corrected chi connectivity index (χ3v) is 2.53. The Morgan fingerprint density at radius 1 is 1.17 bits per heavy atom. The van der Waals surface area contributed by atoms with E-state index in [0.29, 0.717) is 11.1 Å². The van der Waals surface area contributed by atoms with Gasteiger partial charge in [-0.15, -0.1) is 0 Å². The zero-order valence-electron chi connectivity index (χ0n) is 9.20. The summed E-state index contributed by atoms with van der Waals surface area (Å²) in [6.45, 7) is 0. The topological polar surface area (TPSA) is 76.2 Å². The summed E-state index contributed by atoms with van der Waals surface area (Å²) in [7, 11) is 0. The monoisotopic (exact) mass is 240 g/mol. The number of aromatic nitrogens is 2. The van der Waals surface area contributed by atoms with Crippen molar-refractivity contribution in [1.82, 2.24) is 9.97 Å². The summed E-state index contributed by atoms with van der Waals surface area (Å²) in [6.07, 6.45) is 1.51. The Morgan fingerprint density at radius 2 is 2.00 bits per heavy atom. The smallest absolute Gasteiger partial charge is 0.338 e. The molecule has 0 amide bonds. The summed E-state index contributed by atoms with van der Waals surface area (Å²) in [4.78, 5) is 19.4. The molecule has 0 saturated carbocycles. The van der Waals surface area contributed by atoms with Gasteiger partial charge in [-0.3, -0.25) is 4.98 Å². The van der Waals surface area contributed by atoms with Crippen LogP contribution in [0.25, 0.3) is 22.7 Å². The van der Waals surface area contributed by atoms with Gasteiger partial charge in [0.2, 0.25) is 5.89 Å². The lowest BCUT2D eigenvalue weighted by Gasteiger charge is -1.99. The Labute approximate surface area is 102 Å². The quantitative estimate of drug-likeness (QED) is 0.745. The minimum absolute atomic E-state index is 0.0732. The summed E-state index contributed by atoms with van der Waals surface area (Å²) in [5.41, 5.74) is 1.59. The van der Waals surface area contributed by atoms with Crippen LogP contribution in [0.3, 0.4) is 0 Å². The second-order valence-corrected chi connectivity index (χ2v) is 3.69. The van der Waals surface area contributed by atoms with Crippen molar-refractivity contribution in [2.45, 2.75) is 0 Å². The fourth-order valence-corrected chi connectivity index (χ4v) is 1.72. The van der Waals surface area contributed by atoms with Gasteiger partial charge in [0.25, 0.3) is 0 Å². The molecule has 5 nitrogen and oxygen atoms in total. The normalized spacial score (nSPS) is 10.7. The second-order valence-electron chi connectivity index (χ2n) is 3.69. The highest BCUT2D eigenvalue weighted by Crippen LogP contribution is 2.24. The predicted octanol–water partition coefficient (Wildman–Crippen LogP) is 2.59. The molecule has 0 radical (unpaired) electrons. The molecule has 3 rings (SSSR count). The molecule has 0 atom stereocenters. The van der Waals surface area contributed by atoms with Gasteiger partial charge in [-0.1, -0.05) is 12.1 Å². The standard InChI is InChI=1S/C13H8N2O3/c16-13(17)8-4-3-7-14-11(8)12-15-9-5-1-2-6-10(9)18-12/h1-7H,(H,16,17). The molecule has 0 aliphatic rings. The van der Waals surface area contributed by atoms with Gasteiger partial charge in [0, 0.05) is 6.20 Å². The van der Waals surface area contributed by atoms with Crippen LogP contribution in [0.2, 0.25) is 0 Å². The van der Waals surface area contributed by atoms with E-state index in [0.717, 1.165) is 0 Å². The average Bonchev–Trinajstić information content (AvgIpc) is 2.82. The van der Waals surface area contributed by atoms with Crippen LogP contribution in [-0.4, -0.2) is 21.0 Å². The maximum absolute atomic E-state index is 11.1. The molecule has 2 aromatic heterocycles. The number of para-hydroxylation sites is 2. The van der Waals surface area contributed by atoms with E-state index in [-0.39, 0.29) is 17.1 Å². The highest BCUT2D eigenvalue weighted by Gasteiger charge is 2.17. The summed E-state index contributed by atoms with van der Waals surface area (Å²) >= 11 is 0. The number of oxazole rings is 1. The van der Waals surface area contributed by atoms with Crippen LogP contribution in [0, 0.1) is 0 Å². The number of carboxylic acid groups (broad SMARTS) is 1. The molecule has 0 bridgehead atoms. The van der Waals surface area contributed by atoms with Crippen LogP contribution in [-0.2, 0) is 0 Å². The fraction of sp³-hybridized carbons (Fsp3) is 0. The van der Waals surface area contributed by atoms with Crippen molar-refractivity contribution in [2.75, 3.05) is 0 Å². The molecule has 1 N–H and O–H groups in total. The molecule has 0 fully saturated rings. The van der Waals surface area contributed by atoms with E-state index in [1.54, 1.807) is 18.2 Å². The molecule has 3 aromatic rings. The van der Waals surface area contributed by atoms with E-state index in [2.05, 4.69) is 9.97 Å². The number of carboxylic acids is 1. The summed E-state index contributed by atoms with van der Waals surface area (Å²) < 4.78 is 5.51. The maximum atomic E-state index is 11.1. The summed E-state index contributed by atoms with van der Waals surface area (Å²) in [5, 5.41) is 9.09. The number of carbonyl (C=O) groups is 1. The summed E-state index contributed by atoms with van der Waals surface area (Å²) in [5.74, 6) is -0.838. The molecule has 0 spiro atoms. The van der Waals surface area contributed by atoms with Gasteiger partial charge < -0.3 is 9.52 Å². The zero-order chi connectivity index (χ0) is 12.5. The highest BCUT2D eigenvalue weighted by atomic mass is 16.4. The molecule has 0 unspecified atom stereocenters. The second kappa shape index (κ2) is 3.96. The van der Waals surface area contributed by atoms with Crippen molar-refractivity contribution in [3.05, 3.63) is 48.2 Å². The van der Waals surface area contributed by atoms with Crippen LogP contribution >= 0.6 is 0 Å². The SMILES string of the molecule is O=C(O)c1cccnc1-c1nc2ccccc2o1. The van der Waals surface area contributed by atoms with Gasteiger partial charge in [0.15, 0.2) is 5.58 Å². The van der Waals surface area contributed by atoms with E-state index in [1.807, 2.05) is 12.1 Å². The van der Waals surface area contributed by atoms with Crippen LogP contribution in [0.15, 0.2) is 47.0 Å². The van der Waals surface area contributed by atoms with Crippen molar-refractivity contribution in [1.29, 1.82) is 0 Å². The first kappa shape index (κ1) is 10.5. The molecule has 0 aliphatic heterocycles. The maximum Gasteiger partial charge on any atom is 0.338 e. The molecular formula is C13H8N2O3. The van der Waals surface area contributed by atoms with Gasteiger partial charge >= 0.3 is 5.97 Å². The number of nitrogens with zero attached hydrogens (tertiary/aromatic N) is 2. The van der Waals surface area contributed by atoms with E-state index >= 15 is 0 Å². The molecule has 0 aliphatic carbocycles.